The molecule has 1 heterocycles. The second kappa shape index (κ2) is 2.43. The van der Waals surface area contributed by atoms with Crippen molar-refractivity contribution < 1.29 is 17.4 Å². The third kappa shape index (κ3) is 1.77. The van der Waals surface area contributed by atoms with Crippen molar-refractivity contribution in [2.45, 2.75) is 13.8 Å². The van der Waals surface area contributed by atoms with E-state index in [-0.39, 0.29) is 22.8 Å². The van der Waals surface area contributed by atoms with Crippen LogP contribution in [0.2, 0.25) is 0 Å². The molecule has 0 N–H and O–H groups in total. The van der Waals surface area contributed by atoms with Gasteiger partial charge in [-0.3, -0.25) is 0 Å². The van der Waals surface area contributed by atoms with Crippen molar-refractivity contribution in [3.63, 3.8) is 0 Å². The molecule has 0 aliphatic carbocycles. The van der Waals surface area contributed by atoms with Crippen molar-refractivity contribution >= 4 is 12.4 Å². The van der Waals surface area contributed by atoms with Gasteiger partial charge in [0.2, 0.25) is 0 Å². The maximum absolute atomic E-state index is 3.68. The van der Waals surface area contributed by atoms with Gasteiger partial charge in [-0.1, -0.05) is 0 Å². The molecule has 0 unspecified atom stereocenters. The van der Waals surface area contributed by atoms with E-state index >= 15 is 0 Å². The fourth-order valence-electron chi connectivity index (χ4n) is 0.398. The quantitative estimate of drug-likeness (QED) is 0.491. The number of hydrogen-bond donors (Lipinski definition) is 0. The van der Waals surface area contributed by atoms with Crippen LogP contribution in [0.5, 0.6) is 0 Å². The first kappa shape index (κ1) is 7.87. The third-order valence-corrected chi connectivity index (χ3v) is 0.848. The monoisotopic (exact) mass is 148 g/mol. The summed E-state index contributed by atoms with van der Waals surface area (Å²) in [5.41, 5.74) is 0.111. The van der Waals surface area contributed by atoms with Gasteiger partial charge in [0.05, 0.1) is 0 Å². The zero-order valence-electron chi connectivity index (χ0n) is 4.96. The van der Waals surface area contributed by atoms with E-state index in [0.29, 0.717) is 0 Å². The molecule has 0 atom stereocenters. The second-order valence-corrected chi connectivity index (χ2v) is 2.31. The largest absolute Gasteiger partial charge is 0.163 e. The van der Waals surface area contributed by atoms with E-state index in [4.69, 9.17) is 0 Å². The number of rotatable bonds is 0. The van der Waals surface area contributed by atoms with Gasteiger partial charge in [0.1, 0.15) is 0 Å². The first-order chi connectivity index (χ1) is 3.21. The molecule has 0 aromatic rings. The molecule has 0 spiro atoms. The molecule has 1 aliphatic heterocycles. The maximum atomic E-state index is 3.68. The molecule has 0 amide bonds. The molecule has 0 saturated carbocycles. The Balaban J connectivity index is 0.000000490. The van der Waals surface area contributed by atoms with Gasteiger partial charge in [0, 0.05) is 35.2 Å². The summed E-state index contributed by atoms with van der Waals surface area (Å²) in [6, 6.07) is 0. The van der Waals surface area contributed by atoms with E-state index in [0.717, 1.165) is 0 Å². The van der Waals surface area contributed by atoms with Gasteiger partial charge < -0.3 is 0 Å². The number of hydrogen-bond acceptors (Lipinski definition) is 2. The average Bonchev–Trinajstić information content (AvgIpc) is 1.84. The van der Waals surface area contributed by atoms with Crippen molar-refractivity contribution in [3.05, 3.63) is 0 Å². The van der Waals surface area contributed by atoms with E-state index in [2.05, 4.69) is 24.1 Å². The summed E-state index contributed by atoms with van der Waals surface area (Å²) in [5, 5.41) is 7.36. The van der Waals surface area contributed by atoms with Gasteiger partial charge in [-0.05, 0) is 13.8 Å². The van der Waals surface area contributed by atoms with Crippen LogP contribution < -0.4 is 0 Å². The molecule has 0 saturated heterocycles. The summed E-state index contributed by atoms with van der Waals surface area (Å²) < 4.78 is 0. The molecule has 8 heavy (non-hydrogen) atoms. The Morgan fingerprint density at radius 1 is 1.12 bits per heavy atom. The van der Waals surface area contributed by atoms with Crippen LogP contribution >= 0.6 is 0 Å². The second-order valence-electron chi connectivity index (χ2n) is 2.31. The molecule has 0 bridgehead atoms. The van der Waals surface area contributed by atoms with Gasteiger partial charge in [0.15, 0.2) is 0 Å². The Hall–Kier alpha value is -0.128. The molecule has 1 aliphatic rings. The molecule has 1 rings (SSSR count). The molecule has 0 radical (unpaired) electrons. The van der Waals surface area contributed by atoms with Crippen LogP contribution in [-0.4, -0.2) is 12.4 Å². The average molecular weight is 148 g/mol. The normalized spacial score (nSPS) is 20.8. The Morgan fingerprint density at radius 3 is 1.62 bits per heavy atom. The van der Waals surface area contributed by atoms with Gasteiger partial charge >= 0.3 is 0 Å². The molecule has 0 aromatic heterocycles. The van der Waals surface area contributed by atoms with Crippen LogP contribution in [0.4, 0.5) is 0 Å². The summed E-state index contributed by atoms with van der Waals surface area (Å²) in [4.78, 5) is 0. The van der Waals surface area contributed by atoms with E-state index in [1.54, 1.807) is 0 Å². The minimum Gasteiger partial charge on any atom is -0.163 e. The molecular weight excluding hydrogens is 140 g/mol. The predicted octanol–water partition coefficient (Wildman–Crippen LogP) is 1.08. The zero-order valence-corrected chi connectivity index (χ0v) is 6.23. The Morgan fingerprint density at radius 2 is 1.50 bits per heavy atom. The summed E-state index contributed by atoms with van der Waals surface area (Å²) in [7, 11) is 0. The van der Waals surface area contributed by atoms with Crippen LogP contribution in [0.3, 0.4) is 0 Å². The van der Waals surface area contributed by atoms with E-state index < -0.39 is 0 Å². The molecule has 0 aromatic carbocycles. The fraction of sp³-hybridized carbons (Fsp3) is 0.600. The fourth-order valence-corrected chi connectivity index (χ4v) is 0.398. The molecule has 3 heteroatoms. The summed E-state index contributed by atoms with van der Waals surface area (Å²) in [6.45, 7) is 4.12. The molecular formula is C5H8CrN2. The van der Waals surface area contributed by atoms with Crippen LogP contribution in [0.15, 0.2) is 10.2 Å². The molecule has 0 fully saturated rings. The minimum absolute atomic E-state index is 0. The summed E-state index contributed by atoms with van der Waals surface area (Å²) in [5.74, 6) is 0. The van der Waals surface area contributed by atoms with Crippen LogP contribution in [0.1, 0.15) is 13.8 Å². The van der Waals surface area contributed by atoms with E-state index in [1.807, 2.05) is 12.4 Å². The third-order valence-electron chi connectivity index (χ3n) is 0.848. The van der Waals surface area contributed by atoms with Crippen molar-refractivity contribution in [2.24, 2.45) is 15.6 Å². The molecule has 44 valence electrons. The first-order valence-electron chi connectivity index (χ1n) is 2.29. The Kier molecular flexibility index (Phi) is 2.39. The Bertz CT molecular complexity index is 112. The van der Waals surface area contributed by atoms with E-state index in [1.165, 1.54) is 0 Å². The van der Waals surface area contributed by atoms with Crippen LogP contribution in [0, 0.1) is 5.41 Å². The van der Waals surface area contributed by atoms with Crippen molar-refractivity contribution in [1.29, 1.82) is 0 Å². The van der Waals surface area contributed by atoms with Crippen LogP contribution in [-0.2, 0) is 17.4 Å². The van der Waals surface area contributed by atoms with Crippen molar-refractivity contribution in [2.75, 3.05) is 0 Å². The van der Waals surface area contributed by atoms with Gasteiger partial charge in [0.25, 0.3) is 0 Å². The molecule has 2 nitrogen and oxygen atoms in total. The number of nitrogens with zero attached hydrogens (tertiary/aromatic N) is 2. The smallest absolute Gasteiger partial charge is 0.0390 e. The van der Waals surface area contributed by atoms with Gasteiger partial charge in [-0.25, -0.2) is 0 Å². The Labute approximate surface area is 59.8 Å². The van der Waals surface area contributed by atoms with Crippen molar-refractivity contribution in [3.8, 4) is 0 Å². The summed E-state index contributed by atoms with van der Waals surface area (Å²) >= 11 is 0. The predicted molar refractivity (Wildman–Crippen MR) is 30.8 cm³/mol. The topological polar surface area (TPSA) is 24.7 Å². The minimum atomic E-state index is 0. The van der Waals surface area contributed by atoms with Crippen molar-refractivity contribution in [1.82, 2.24) is 0 Å². The maximum Gasteiger partial charge on any atom is 0.0390 e. The van der Waals surface area contributed by atoms with Gasteiger partial charge in [-0.2, -0.15) is 10.2 Å². The van der Waals surface area contributed by atoms with E-state index in [9.17, 15) is 0 Å². The standard InChI is InChI=1S/C5H8N2.Cr/c1-5(2)3-6-7-4-5;/h3-4H,1-2H3;. The van der Waals surface area contributed by atoms with Gasteiger partial charge in [-0.15, -0.1) is 0 Å². The summed E-state index contributed by atoms with van der Waals surface area (Å²) in [6.07, 6.45) is 3.65. The zero-order chi connectivity index (χ0) is 5.33. The first-order valence-corrected chi connectivity index (χ1v) is 2.29. The SMILES string of the molecule is CC1(C)C=NN=C1.[Cr]. The van der Waals surface area contributed by atoms with Crippen LogP contribution in [0.25, 0.3) is 0 Å².